The minimum Gasteiger partial charge on any atom is -0.382 e. The average Bonchev–Trinajstić information content (AvgIpc) is 3.01. The quantitative estimate of drug-likeness (QED) is 0.783. The maximum Gasteiger partial charge on any atom is 0.138 e. The van der Waals surface area contributed by atoms with E-state index in [0.29, 0.717) is 10.9 Å². The first-order chi connectivity index (χ1) is 7.20. The summed E-state index contributed by atoms with van der Waals surface area (Å²) in [4.78, 5) is 0.708. The molecule has 0 aliphatic heterocycles. The molecule has 1 atom stereocenters. The van der Waals surface area contributed by atoms with E-state index < -0.39 is 0 Å². The molecule has 0 heterocycles. The first-order valence-corrected chi connectivity index (χ1v) is 6.53. The van der Waals surface area contributed by atoms with E-state index in [0.717, 1.165) is 11.6 Å². The molecule has 0 bridgehead atoms. The van der Waals surface area contributed by atoms with Gasteiger partial charge in [0.15, 0.2) is 0 Å². The summed E-state index contributed by atoms with van der Waals surface area (Å²) in [7, 11) is 0. The van der Waals surface area contributed by atoms with Crippen molar-refractivity contribution in [2.24, 2.45) is 5.92 Å². The zero-order valence-electron chi connectivity index (χ0n) is 9.09. The number of nitrogens with one attached hydrogen (secondary N) is 1. The molecule has 1 aliphatic rings. The largest absolute Gasteiger partial charge is 0.382 e. The summed E-state index contributed by atoms with van der Waals surface area (Å²) >= 11 is 1.44. The SMILES string of the molecule is CSc1ccc(NC(C)C2CC2)cc1F. The van der Waals surface area contributed by atoms with Crippen molar-refractivity contribution in [2.75, 3.05) is 11.6 Å². The van der Waals surface area contributed by atoms with Gasteiger partial charge in [-0.3, -0.25) is 0 Å². The Bertz CT molecular complexity index is 349. The number of hydrogen-bond acceptors (Lipinski definition) is 2. The number of rotatable bonds is 4. The standard InChI is InChI=1S/C12H16FNS/c1-8(9-3-4-9)14-10-5-6-12(15-2)11(13)7-10/h5-9,14H,3-4H2,1-2H3. The van der Waals surface area contributed by atoms with Crippen LogP contribution in [0.4, 0.5) is 10.1 Å². The van der Waals surface area contributed by atoms with Gasteiger partial charge < -0.3 is 5.32 Å². The van der Waals surface area contributed by atoms with E-state index in [1.165, 1.54) is 24.6 Å². The van der Waals surface area contributed by atoms with Crippen LogP contribution in [0, 0.1) is 11.7 Å². The molecule has 2 rings (SSSR count). The zero-order valence-corrected chi connectivity index (χ0v) is 9.90. The highest BCUT2D eigenvalue weighted by Crippen LogP contribution is 2.34. The van der Waals surface area contributed by atoms with Gasteiger partial charge in [-0.1, -0.05) is 0 Å². The average molecular weight is 225 g/mol. The highest BCUT2D eigenvalue weighted by molar-refractivity contribution is 7.98. The van der Waals surface area contributed by atoms with Gasteiger partial charge in [0, 0.05) is 16.6 Å². The third-order valence-corrected chi connectivity index (χ3v) is 3.65. The van der Waals surface area contributed by atoms with Gasteiger partial charge in [-0.2, -0.15) is 0 Å². The molecule has 0 radical (unpaired) electrons. The molecule has 1 unspecified atom stereocenters. The van der Waals surface area contributed by atoms with Gasteiger partial charge in [0.2, 0.25) is 0 Å². The molecule has 0 aromatic heterocycles. The Kier molecular flexibility index (Phi) is 3.19. The monoisotopic (exact) mass is 225 g/mol. The lowest BCUT2D eigenvalue weighted by atomic mass is 10.2. The Balaban J connectivity index is 2.05. The van der Waals surface area contributed by atoms with Crippen molar-refractivity contribution in [3.8, 4) is 0 Å². The van der Waals surface area contributed by atoms with Crippen molar-refractivity contribution in [1.29, 1.82) is 0 Å². The Labute approximate surface area is 94.5 Å². The van der Waals surface area contributed by atoms with Crippen LogP contribution in [0.15, 0.2) is 23.1 Å². The van der Waals surface area contributed by atoms with Crippen LogP contribution < -0.4 is 5.32 Å². The van der Waals surface area contributed by atoms with E-state index in [9.17, 15) is 4.39 Å². The lowest BCUT2D eigenvalue weighted by molar-refractivity contribution is 0.601. The fourth-order valence-electron chi connectivity index (χ4n) is 1.73. The summed E-state index contributed by atoms with van der Waals surface area (Å²) in [5.41, 5.74) is 0.893. The smallest absolute Gasteiger partial charge is 0.138 e. The van der Waals surface area contributed by atoms with E-state index in [1.807, 2.05) is 18.4 Å². The molecule has 1 aromatic carbocycles. The highest BCUT2D eigenvalue weighted by Gasteiger charge is 2.27. The predicted octanol–water partition coefficient (Wildman–Crippen LogP) is 3.76. The summed E-state index contributed by atoms with van der Waals surface area (Å²) in [6.07, 6.45) is 4.50. The van der Waals surface area contributed by atoms with Gasteiger partial charge in [0.25, 0.3) is 0 Å². The number of hydrogen-bond donors (Lipinski definition) is 1. The molecule has 0 saturated heterocycles. The van der Waals surface area contributed by atoms with Gasteiger partial charge in [0.05, 0.1) is 0 Å². The molecule has 1 N–H and O–H groups in total. The van der Waals surface area contributed by atoms with Crippen molar-refractivity contribution >= 4 is 17.4 Å². The molecular formula is C12H16FNS. The first-order valence-electron chi connectivity index (χ1n) is 5.31. The van der Waals surface area contributed by atoms with Gasteiger partial charge in [-0.05, 0) is 50.1 Å². The summed E-state index contributed by atoms with van der Waals surface area (Å²) in [5.74, 6) is 0.656. The summed E-state index contributed by atoms with van der Waals surface area (Å²) in [6.45, 7) is 2.16. The predicted molar refractivity (Wildman–Crippen MR) is 64.0 cm³/mol. The molecule has 1 nitrogen and oxygen atoms in total. The van der Waals surface area contributed by atoms with Gasteiger partial charge in [-0.25, -0.2) is 4.39 Å². The van der Waals surface area contributed by atoms with E-state index in [2.05, 4.69) is 12.2 Å². The molecule has 0 spiro atoms. The van der Waals surface area contributed by atoms with Crippen LogP contribution in [0.1, 0.15) is 19.8 Å². The van der Waals surface area contributed by atoms with E-state index in [1.54, 1.807) is 6.07 Å². The number of halogens is 1. The lowest BCUT2D eigenvalue weighted by Gasteiger charge is -2.14. The van der Waals surface area contributed by atoms with Crippen molar-refractivity contribution in [3.63, 3.8) is 0 Å². The molecule has 15 heavy (non-hydrogen) atoms. The van der Waals surface area contributed by atoms with Crippen molar-refractivity contribution < 1.29 is 4.39 Å². The Morgan fingerprint density at radius 3 is 2.73 bits per heavy atom. The van der Waals surface area contributed by atoms with E-state index >= 15 is 0 Å². The van der Waals surface area contributed by atoms with Crippen LogP contribution in [-0.2, 0) is 0 Å². The normalized spacial score (nSPS) is 17.5. The van der Waals surface area contributed by atoms with Crippen LogP contribution in [0.5, 0.6) is 0 Å². The minimum absolute atomic E-state index is 0.129. The van der Waals surface area contributed by atoms with Gasteiger partial charge in [0.1, 0.15) is 5.82 Å². The maximum atomic E-state index is 13.5. The fraction of sp³-hybridized carbons (Fsp3) is 0.500. The number of thioether (sulfide) groups is 1. The topological polar surface area (TPSA) is 12.0 Å². The van der Waals surface area contributed by atoms with Crippen molar-refractivity contribution in [1.82, 2.24) is 0 Å². The maximum absolute atomic E-state index is 13.5. The second-order valence-corrected chi connectivity index (χ2v) is 4.97. The third-order valence-electron chi connectivity index (χ3n) is 2.88. The molecule has 1 fully saturated rings. The molecule has 1 aliphatic carbocycles. The van der Waals surface area contributed by atoms with Crippen LogP contribution in [-0.4, -0.2) is 12.3 Å². The first kappa shape index (κ1) is 10.8. The van der Waals surface area contributed by atoms with Crippen LogP contribution in [0.2, 0.25) is 0 Å². The Morgan fingerprint density at radius 2 is 2.20 bits per heavy atom. The van der Waals surface area contributed by atoms with Gasteiger partial charge >= 0.3 is 0 Å². The second kappa shape index (κ2) is 4.44. The van der Waals surface area contributed by atoms with Crippen LogP contribution in [0.3, 0.4) is 0 Å². The molecule has 82 valence electrons. The second-order valence-electron chi connectivity index (χ2n) is 4.12. The minimum atomic E-state index is -0.129. The van der Waals surface area contributed by atoms with Gasteiger partial charge in [-0.15, -0.1) is 11.8 Å². The van der Waals surface area contributed by atoms with Crippen molar-refractivity contribution in [3.05, 3.63) is 24.0 Å². The molecule has 1 saturated carbocycles. The summed E-state index contributed by atoms with van der Waals surface area (Å²) in [5, 5.41) is 3.35. The van der Waals surface area contributed by atoms with Crippen molar-refractivity contribution in [2.45, 2.75) is 30.7 Å². The Hall–Kier alpha value is -0.700. The molecule has 1 aromatic rings. The molecule has 3 heteroatoms. The van der Waals surface area contributed by atoms with E-state index in [4.69, 9.17) is 0 Å². The molecular weight excluding hydrogens is 209 g/mol. The molecule has 0 amide bonds. The van der Waals surface area contributed by atoms with Crippen LogP contribution >= 0.6 is 11.8 Å². The Morgan fingerprint density at radius 1 is 1.47 bits per heavy atom. The van der Waals surface area contributed by atoms with E-state index in [-0.39, 0.29) is 5.82 Å². The third kappa shape index (κ3) is 2.65. The summed E-state index contributed by atoms with van der Waals surface area (Å²) < 4.78 is 13.5. The fourth-order valence-corrected chi connectivity index (χ4v) is 2.19. The zero-order chi connectivity index (χ0) is 10.8. The summed E-state index contributed by atoms with van der Waals surface area (Å²) in [6, 6.07) is 5.84. The number of anilines is 1. The highest BCUT2D eigenvalue weighted by atomic mass is 32.2. The van der Waals surface area contributed by atoms with Crippen LogP contribution in [0.25, 0.3) is 0 Å². The number of benzene rings is 1. The lowest BCUT2D eigenvalue weighted by Crippen LogP contribution is -2.17.